The van der Waals surface area contributed by atoms with Gasteiger partial charge in [0.15, 0.2) is 0 Å². The zero-order chi connectivity index (χ0) is 11.3. The van der Waals surface area contributed by atoms with Crippen LogP contribution in [-0.2, 0) is 6.42 Å². The van der Waals surface area contributed by atoms with Crippen molar-refractivity contribution in [2.24, 2.45) is 11.7 Å². The highest BCUT2D eigenvalue weighted by molar-refractivity contribution is 5.40. The molecule has 0 saturated carbocycles. The second-order valence-electron chi connectivity index (χ2n) is 3.72. The number of hydrogen-bond acceptors (Lipinski definition) is 3. The smallest absolute Gasteiger partial charge is 0.122 e. The number of benzene rings is 1. The third kappa shape index (κ3) is 3.13. The van der Waals surface area contributed by atoms with Crippen molar-refractivity contribution in [2.75, 3.05) is 20.8 Å². The summed E-state index contributed by atoms with van der Waals surface area (Å²) >= 11 is 0. The summed E-state index contributed by atoms with van der Waals surface area (Å²) in [5, 5.41) is 0. The molecule has 0 amide bonds. The molecule has 0 aliphatic heterocycles. The topological polar surface area (TPSA) is 44.5 Å². The van der Waals surface area contributed by atoms with E-state index in [1.165, 1.54) is 0 Å². The third-order valence-corrected chi connectivity index (χ3v) is 2.46. The average molecular weight is 209 g/mol. The maximum Gasteiger partial charge on any atom is 0.122 e. The van der Waals surface area contributed by atoms with Gasteiger partial charge in [0.25, 0.3) is 0 Å². The molecule has 1 atom stereocenters. The average Bonchev–Trinajstić information content (AvgIpc) is 2.28. The minimum absolute atomic E-state index is 0.450. The quantitative estimate of drug-likeness (QED) is 0.804. The molecule has 2 N–H and O–H groups in total. The third-order valence-electron chi connectivity index (χ3n) is 2.46. The molecule has 0 radical (unpaired) electrons. The van der Waals surface area contributed by atoms with E-state index in [-0.39, 0.29) is 0 Å². The van der Waals surface area contributed by atoms with Crippen LogP contribution in [0.3, 0.4) is 0 Å². The molecule has 0 fully saturated rings. The summed E-state index contributed by atoms with van der Waals surface area (Å²) < 4.78 is 10.5. The summed E-state index contributed by atoms with van der Waals surface area (Å²) in [4.78, 5) is 0. The maximum absolute atomic E-state index is 5.61. The van der Waals surface area contributed by atoms with Crippen molar-refractivity contribution in [1.82, 2.24) is 0 Å². The van der Waals surface area contributed by atoms with E-state index in [4.69, 9.17) is 15.2 Å². The molecule has 84 valence electrons. The second-order valence-corrected chi connectivity index (χ2v) is 3.72. The molecule has 0 bridgehead atoms. The summed E-state index contributed by atoms with van der Waals surface area (Å²) in [6, 6.07) is 5.83. The van der Waals surface area contributed by atoms with Gasteiger partial charge >= 0.3 is 0 Å². The van der Waals surface area contributed by atoms with E-state index in [0.717, 1.165) is 23.5 Å². The van der Waals surface area contributed by atoms with E-state index < -0.39 is 0 Å². The van der Waals surface area contributed by atoms with Gasteiger partial charge in [0.2, 0.25) is 0 Å². The van der Waals surface area contributed by atoms with E-state index in [1.807, 2.05) is 18.2 Å². The Bertz CT molecular complexity index is 312. The highest BCUT2D eigenvalue weighted by Crippen LogP contribution is 2.25. The lowest BCUT2D eigenvalue weighted by Crippen LogP contribution is -2.13. The lowest BCUT2D eigenvalue weighted by atomic mass is 10.0. The first-order valence-electron chi connectivity index (χ1n) is 5.12. The first kappa shape index (κ1) is 11.9. The summed E-state index contributed by atoms with van der Waals surface area (Å²) in [6.07, 6.45) is 0.914. The van der Waals surface area contributed by atoms with E-state index in [0.29, 0.717) is 12.5 Å². The Labute approximate surface area is 91.2 Å². The van der Waals surface area contributed by atoms with Crippen LogP contribution in [0, 0.1) is 5.92 Å². The molecule has 0 saturated heterocycles. The monoisotopic (exact) mass is 209 g/mol. The van der Waals surface area contributed by atoms with Crippen molar-refractivity contribution in [3.05, 3.63) is 23.8 Å². The van der Waals surface area contributed by atoms with Gasteiger partial charge in [-0.2, -0.15) is 0 Å². The molecule has 0 aliphatic carbocycles. The van der Waals surface area contributed by atoms with Gasteiger partial charge in [-0.05, 0) is 42.6 Å². The highest BCUT2D eigenvalue weighted by Gasteiger charge is 2.08. The molecule has 1 rings (SSSR count). The number of ether oxygens (including phenoxy) is 2. The molecule has 3 heteroatoms. The summed E-state index contributed by atoms with van der Waals surface area (Å²) in [5.41, 5.74) is 6.76. The van der Waals surface area contributed by atoms with Gasteiger partial charge in [0.05, 0.1) is 14.2 Å². The Balaban J connectivity index is 2.90. The van der Waals surface area contributed by atoms with Gasteiger partial charge in [-0.25, -0.2) is 0 Å². The van der Waals surface area contributed by atoms with Gasteiger partial charge in [-0.1, -0.05) is 6.92 Å². The van der Waals surface area contributed by atoms with Crippen LogP contribution < -0.4 is 15.2 Å². The van der Waals surface area contributed by atoms with Crippen LogP contribution in [0.25, 0.3) is 0 Å². The molecular weight excluding hydrogens is 190 g/mol. The van der Waals surface area contributed by atoms with Crippen molar-refractivity contribution < 1.29 is 9.47 Å². The van der Waals surface area contributed by atoms with Crippen LogP contribution in [-0.4, -0.2) is 20.8 Å². The lowest BCUT2D eigenvalue weighted by molar-refractivity contribution is 0.395. The predicted molar refractivity (Wildman–Crippen MR) is 61.5 cm³/mol. The van der Waals surface area contributed by atoms with Crippen LogP contribution >= 0.6 is 0 Å². The largest absolute Gasteiger partial charge is 0.497 e. The number of methoxy groups -OCH3 is 2. The molecule has 15 heavy (non-hydrogen) atoms. The fourth-order valence-corrected chi connectivity index (χ4v) is 1.50. The van der Waals surface area contributed by atoms with E-state index in [1.54, 1.807) is 14.2 Å². The van der Waals surface area contributed by atoms with Gasteiger partial charge in [-0.3, -0.25) is 0 Å². The fraction of sp³-hybridized carbons (Fsp3) is 0.500. The van der Waals surface area contributed by atoms with Gasteiger partial charge in [0, 0.05) is 0 Å². The maximum atomic E-state index is 5.61. The number of hydrogen-bond donors (Lipinski definition) is 1. The molecule has 0 unspecified atom stereocenters. The van der Waals surface area contributed by atoms with Crippen LogP contribution in [0.1, 0.15) is 12.5 Å². The Morgan fingerprint density at radius 1 is 1.27 bits per heavy atom. The molecule has 1 aromatic rings. The Hall–Kier alpha value is -1.22. The van der Waals surface area contributed by atoms with E-state index >= 15 is 0 Å². The molecule has 3 nitrogen and oxygen atoms in total. The Morgan fingerprint density at radius 2 is 2.00 bits per heavy atom. The first-order chi connectivity index (χ1) is 7.21. The molecule has 0 spiro atoms. The van der Waals surface area contributed by atoms with Gasteiger partial charge in [0.1, 0.15) is 11.5 Å². The van der Waals surface area contributed by atoms with Crippen molar-refractivity contribution in [2.45, 2.75) is 13.3 Å². The zero-order valence-electron chi connectivity index (χ0n) is 9.62. The summed E-state index contributed by atoms with van der Waals surface area (Å²) in [5.74, 6) is 2.21. The standard InChI is InChI=1S/C12H19NO2/c1-9(8-13)6-10-7-11(14-2)4-5-12(10)15-3/h4-5,7,9H,6,8,13H2,1-3H3/t9-/m1/s1. The normalized spacial score (nSPS) is 12.3. The lowest BCUT2D eigenvalue weighted by Gasteiger charge is -2.13. The molecule has 0 aliphatic rings. The fourth-order valence-electron chi connectivity index (χ4n) is 1.50. The van der Waals surface area contributed by atoms with Crippen LogP contribution in [0.4, 0.5) is 0 Å². The second kappa shape index (κ2) is 5.61. The molecule has 0 heterocycles. The summed E-state index contributed by atoms with van der Waals surface area (Å²) in [6.45, 7) is 2.80. The SMILES string of the molecule is COc1ccc(OC)c(C[C@@H](C)CN)c1. The highest BCUT2D eigenvalue weighted by atomic mass is 16.5. The van der Waals surface area contributed by atoms with E-state index in [2.05, 4.69) is 6.92 Å². The Morgan fingerprint density at radius 3 is 2.53 bits per heavy atom. The first-order valence-corrected chi connectivity index (χ1v) is 5.12. The zero-order valence-corrected chi connectivity index (χ0v) is 9.62. The predicted octanol–water partition coefficient (Wildman–Crippen LogP) is 1.84. The van der Waals surface area contributed by atoms with Crippen molar-refractivity contribution in [1.29, 1.82) is 0 Å². The molecule has 1 aromatic carbocycles. The molecule has 0 aromatic heterocycles. The minimum Gasteiger partial charge on any atom is -0.497 e. The van der Waals surface area contributed by atoms with Crippen molar-refractivity contribution in [3.63, 3.8) is 0 Å². The van der Waals surface area contributed by atoms with Crippen LogP contribution in [0.5, 0.6) is 11.5 Å². The summed E-state index contributed by atoms with van der Waals surface area (Å²) in [7, 11) is 3.34. The Kier molecular flexibility index (Phi) is 4.43. The van der Waals surface area contributed by atoms with E-state index in [9.17, 15) is 0 Å². The van der Waals surface area contributed by atoms with Crippen molar-refractivity contribution >= 4 is 0 Å². The van der Waals surface area contributed by atoms with Crippen LogP contribution in [0.15, 0.2) is 18.2 Å². The molecular formula is C12H19NO2. The van der Waals surface area contributed by atoms with Crippen molar-refractivity contribution in [3.8, 4) is 11.5 Å². The minimum atomic E-state index is 0.450. The number of nitrogens with two attached hydrogens (primary N) is 1. The number of rotatable bonds is 5. The van der Waals surface area contributed by atoms with Gasteiger partial charge < -0.3 is 15.2 Å². The van der Waals surface area contributed by atoms with Crippen LogP contribution in [0.2, 0.25) is 0 Å². The van der Waals surface area contributed by atoms with Gasteiger partial charge in [-0.15, -0.1) is 0 Å².